The summed E-state index contributed by atoms with van der Waals surface area (Å²) in [5.41, 5.74) is 0.516. The van der Waals surface area contributed by atoms with Crippen LogP contribution < -0.4 is 0 Å². The van der Waals surface area contributed by atoms with E-state index in [2.05, 4.69) is 16.4 Å². The van der Waals surface area contributed by atoms with Gasteiger partial charge in [0.25, 0.3) is 0 Å². The molecule has 1 aromatic rings. The molecule has 0 aliphatic heterocycles. The van der Waals surface area contributed by atoms with E-state index in [1.807, 2.05) is 0 Å². The largest absolute Gasteiger partial charge is 0.255 e. The summed E-state index contributed by atoms with van der Waals surface area (Å²) in [5.74, 6) is -0.229. The van der Waals surface area contributed by atoms with Gasteiger partial charge in [0.2, 0.25) is 5.95 Å². The summed E-state index contributed by atoms with van der Waals surface area (Å²) in [6.07, 6.45) is 9.56. The maximum absolute atomic E-state index is 13.2. The molecule has 13 heavy (non-hydrogen) atoms. The van der Waals surface area contributed by atoms with Gasteiger partial charge < -0.3 is 0 Å². The highest BCUT2D eigenvalue weighted by atomic mass is 19.1. The Morgan fingerprint density at radius 1 is 1.23 bits per heavy atom. The molecule has 69 valence electrons. The molecule has 1 atom stereocenters. The van der Waals surface area contributed by atoms with Crippen molar-refractivity contribution in [1.82, 2.24) is 9.97 Å². The minimum absolute atomic E-state index is 0.183. The van der Waals surface area contributed by atoms with Crippen LogP contribution in [0.15, 0.2) is 12.4 Å². The Kier molecular flexibility index (Phi) is 2.52. The SMILES string of the molecule is Fc1nccnc1C1[CH]CCCC1. The van der Waals surface area contributed by atoms with Crippen LogP contribution in [0.5, 0.6) is 0 Å². The van der Waals surface area contributed by atoms with Crippen molar-refractivity contribution in [2.75, 3.05) is 0 Å². The first-order chi connectivity index (χ1) is 6.38. The number of hydrogen-bond donors (Lipinski definition) is 0. The molecule has 1 heterocycles. The van der Waals surface area contributed by atoms with Crippen molar-refractivity contribution in [1.29, 1.82) is 0 Å². The van der Waals surface area contributed by atoms with Crippen molar-refractivity contribution in [2.24, 2.45) is 0 Å². The van der Waals surface area contributed by atoms with Gasteiger partial charge in [-0.15, -0.1) is 0 Å². The molecule has 0 amide bonds. The maximum Gasteiger partial charge on any atom is 0.234 e. The zero-order chi connectivity index (χ0) is 9.10. The van der Waals surface area contributed by atoms with Gasteiger partial charge in [0.15, 0.2) is 0 Å². The predicted molar refractivity (Wildman–Crippen MR) is 47.5 cm³/mol. The van der Waals surface area contributed by atoms with E-state index in [0.29, 0.717) is 5.69 Å². The first kappa shape index (κ1) is 8.60. The van der Waals surface area contributed by atoms with Crippen LogP contribution in [0, 0.1) is 12.4 Å². The molecule has 1 aliphatic rings. The van der Waals surface area contributed by atoms with Crippen LogP contribution in [0.1, 0.15) is 37.3 Å². The summed E-state index contributed by atoms with van der Waals surface area (Å²) in [6, 6.07) is 0. The fourth-order valence-electron chi connectivity index (χ4n) is 1.77. The molecule has 0 saturated heterocycles. The summed E-state index contributed by atoms with van der Waals surface area (Å²) in [6.45, 7) is 0. The number of hydrogen-bond acceptors (Lipinski definition) is 2. The summed E-state index contributed by atoms with van der Waals surface area (Å²) < 4.78 is 13.2. The molecule has 1 aliphatic carbocycles. The molecule has 0 spiro atoms. The van der Waals surface area contributed by atoms with Crippen LogP contribution in [0.4, 0.5) is 4.39 Å². The van der Waals surface area contributed by atoms with Crippen molar-refractivity contribution < 1.29 is 4.39 Å². The molecule has 1 fully saturated rings. The number of aromatic nitrogens is 2. The molecular weight excluding hydrogens is 167 g/mol. The summed E-state index contributed by atoms with van der Waals surface area (Å²) >= 11 is 0. The molecule has 0 bridgehead atoms. The second-order valence-electron chi connectivity index (χ2n) is 3.36. The van der Waals surface area contributed by atoms with Gasteiger partial charge in [-0.2, -0.15) is 4.39 Å². The van der Waals surface area contributed by atoms with Gasteiger partial charge in [-0.25, -0.2) is 4.98 Å². The van der Waals surface area contributed by atoms with Gasteiger partial charge in [-0.1, -0.05) is 12.8 Å². The third-order valence-corrected chi connectivity index (χ3v) is 2.45. The summed E-state index contributed by atoms with van der Waals surface area (Å²) in [5, 5.41) is 0. The molecule has 1 saturated carbocycles. The Morgan fingerprint density at radius 2 is 2.08 bits per heavy atom. The van der Waals surface area contributed by atoms with Gasteiger partial charge in [0.05, 0.1) is 5.69 Å². The Hall–Kier alpha value is -0.990. The van der Waals surface area contributed by atoms with Crippen molar-refractivity contribution in [3.8, 4) is 0 Å². The highest BCUT2D eigenvalue weighted by Gasteiger charge is 2.20. The third-order valence-electron chi connectivity index (χ3n) is 2.45. The van der Waals surface area contributed by atoms with Gasteiger partial charge in [-0.3, -0.25) is 4.98 Å². The zero-order valence-electron chi connectivity index (χ0n) is 7.41. The topological polar surface area (TPSA) is 25.8 Å². The van der Waals surface area contributed by atoms with Crippen molar-refractivity contribution >= 4 is 0 Å². The lowest BCUT2D eigenvalue weighted by atomic mass is 9.87. The molecule has 2 rings (SSSR count). The van der Waals surface area contributed by atoms with Crippen LogP contribution in [-0.2, 0) is 0 Å². The van der Waals surface area contributed by atoms with Crippen molar-refractivity contribution in [3.63, 3.8) is 0 Å². The Bertz CT molecular complexity index is 282. The highest BCUT2D eigenvalue weighted by molar-refractivity contribution is 5.11. The molecule has 1 radical (unpaired) electrons. The first-order valence-electron chi connectivity index (χ1n) is 4.67. The second kappa shape index (κ2) is 3.81. The van der Waals surface area contributed by atoms with Gasteiger partial charge in [-0.05, 0) is 19.3 Å². The average Bonchev–Trinajstić information content (AvgIpc) is 2.20. The molecule has 0 aromatic carbocycles. The zero-order valence-corrected chi connectivity index (χ0v) is 7.41. The standard InChI is InChI=1S/C10H12FN2/c11-10-9(12-6-7-13-10)8-4-2-1-3-5-8/h4,6-8H,1-3,5H2. The van der Waals surface area contributed by atoms with E-state index in [-0.39, 0.29) is 5.92 Å². The lowest BCUT2D eigenvalue weighted by molar-refractivity contribution is 0.482. The van der Waals surface area contributed by atoms with E-state index in [4.69, 9.17) is 0 Å². The van der Waals surface area contributed by atoms with Crippen molar-refractivity contribution in [3.05, 3.63) is 30.5 Å². The Balaban J connectivity index is 2.18. The highest BCUT2D eigenvalue weighted by Crippen LogP contribution is 2.31. The van der Waals surface area contributed by atoms with Crippen LogP contribution in [-0.4, -0.2) is 9.97 Å². The molecule has 1 aromatic heterocycles. The third kappa shape index (κ3) is 1.85. The quantitative estimate of drug-likeness (QED) is 0.661. The van der Waals surface area contributed by atoms with E-state index < -0.39 is 5.95 Å². The number of rotatable bonds is 1. The second-order valence-corrected chi connectivity index (χ2v) is 3.36. The summed E-state index contributed by atoms with van der Waals surface area (Å²) in [4.78, 5) is 7.64. The van der Waals surface area contributed by atoms with E-state index >= 15 is 0 Å². The first-order valence-corrected chi connectivity index (χ1v) is 4.67. The molecule has 0 N–H and O–H groups in total. The van der Waals surface area contributed by atoms with Gasteiger partial charge >= 0.3 is 0 Å². The maximum atomic E-state index is 13.2. The van der Waals surface area contributed by atoms with E-state index in [0.717, 1.165) is 19.3 Å². The van der Waals surface area contributed by atoms with Crippen LogP contribution in [0.25, 0.3) is 0 Å². The number of nitrogens with zero attached hydrogens (tertiary/aromatic N) is 2. The van der Waals surface area contributed by atoms with Crippen LogP contribution in [0.3, 0.4) is 0 Å². The fraction of sp³-hybridized carbons (Fsp3) is 0.500. The van der Waals surface area contributed by atoms with Gasteiger partial charge in [0, 0.05) is 18.3 Å². The van der Waals surface area contributed by atoms with Gasteiger partial charge in [0.1, 0.15) is 0 Å². The molecule has 2 nitrogen and oxygen atoms in total. The lowest BCUT2D eigenvalue weighted by Crippen LogP contribution is -2.10. The average molecular weight is 179 g/mol. The normalized spacial score (nSPS) is 18.8. The predicted octanol–water partition coefficient (Wildman–Crippen LogP) is 2.48. The van der Waals surface area contributed by atoms with Crippen molar-refractivity contribution in [2.45, 2.75) is 31.6 Å². The minimum atomic E-state index is -0.411. The molecular formula is C10H12FN2. The molecule has 1 unspecified atom stereocenters. The Labute approximate surface area is 77.2 Å². The lowest BCUT2D eigenvalue weighted by Gasteiger charge is -2.20. The Morgan fingerprint density at radius 3 is 2.77 bits per heavy atom. The van der Waals surface area contributed by atoms with E-state index in [1.54, 1.807) is 6.20 Å². The summed E-state index contributed by atoms with van der Waals surface area (Å²) in [7, 11) is 0. The molecule has 3 heteroatoms. The minimum Gasteiger partial charge on any atom is -0.255 e. The van der Waals surface area contributed by atoms with E-state index in [9.17, 15) is 4.39 Å². The smallest absolute Gasteiger partial charge is 0.234 e. The monoisotopic (exact) mass is 179 g/mol. The van der Waals surface area contributed by atoms with Crippen LogP contribution in [0.2, 0.25) is 0 Å². The van der Waals surface area contributed by atoms with E-state index in [1.165, 1.54) is 12.6 Å². The number of halogens is 1. The fourth-order valence-corrected chi connectivity index (χ4v) is 1.77. The van der Waals surface area contributed by atoms with Crippen LogP contribution >= 0.6 is 0 Å².